The lowest BCUT2D eigenvalue weighted by atomic mass is 10.1. The minimum atomic E-state index is -0.493. The minimum absolute atomic E-state index is 0.187. The molecule has 1 saturated heterocycles. The molecule has 9 heteroatoms. The van der Waals surface area contributed by atoms with Crippen LogP contribution in [0.2, 0.25) is 0 Å². The maximum Gasteiger partial charge on any atom is 0.324 e. The molecule has 2 rings (SSSR count). The number of likely N-dealkylation sites (N-methyl/N-ethyl adjacent to an activating group) is 1. The number of rotatable bonds is 5. The molecule has 2 heterocycles. The van der Waals surface area contributed by atoms with Gasteiger partial charge in [-0.15, -0.1) is 0 Å². The molecular formula is C13H16Br2N4O3. The summed E-state index contributed by atoms with van der Waals surface area (Å²) in [6, 6.07) is 0.861. The highest BCUT2D eigenvalue weighted by atomic mass is 79.9. The lowest BCUT2D eigenvalue weighted by molar-refractivity contribution is -0.126. The molecule has 0 radical (unpaired) electrons. The fraction of sp³-hybridized carbons (Fsp3) is 0.462. The molecule has 0 saturated carbocycles. The van der Waals surface area contributed by atoms with Gasteiger partial charge in [-0.25, -0.2) is 4.79 Å². The van der Waals surface area contributed by atoms with Gasteiger partial charge < -0.3 is 15.2 Å². The van der Waals surface area contributed by atoms with Crippen molar-refractivity contribution in [2.75, 3.05) is 13.6 Å². The third-order valence-electron chi connectivity index (χ3n) is 3.54. The number of imide groups is 1. The summed E-state index contributed by atoms with van der Waals surface area (Å²) in [5.74, 6) is -0.417. The number of carbonyl (C=O) groups is 3. The van der Waals surface area contributed by atoms with E-state index in [1.807, 2.05) is 0 Å². The second kappa shape index (κ2) is 6.82. The Kier molecular flexibility index (Phi) is 5.28. The quantitative estimate of drug-likeness (QED) is 0.544. The van der Waals surface area contributed by atoms with Crippen LogP contribution >= 0.6 is 31.9 Å². The Balaban J connectivity index is 1.79. The van der Waals surface area contributed by atoms with E-state index < -0.39 is 6.04 Å². The molecule has 1 aliphatic heterocycles. The molecule has 0 bridgehead atoms. The molecule has 120 valence electrons. The fourth-order valence-electron chi connectivity index (χ4n) is 2.20. The van der Waals surface area contributed by atoms with Gasteiger partial charge in [-0.1, -0.05) is 0 Å². The Morgan fingerprint density at radius 2 is 2.05 bits per heavy atom. The summed E-state index contributed by atoms with van der Waals surface area (Å²) in [5.41, 5.74) is 0.531. The van der Waals surface area contributed by atoms with Gasteiger partial charge in [-0.3, -0.25) is 14.5 Å². The first-order valence-corrected chi connectivity index (χ1v) is 8.28. The maximum atomic E-state index is 12.1. The van der Waals surface area contributed by atoms with Gasteiger partial charge in [0.1, 0.15) is 11.7 Å². The predicted octanol–water partition coefficient (Wildman–Crippen LogP) is 1.61. The van der Waals surface area contributed by atoms with Gasteiger partial charge >= 0.3 is 6.03 Å². The molecule has 4 amide bonds. The number of hydrogen-bond acceptors (Lipinski definition) is 3. The van der Waals surface area contributed by atoms with Gasteiger partial charge in [0.15, 0.2) is 0 Å². The number of nitrogens with one attached hydrogen (secondary N) is 2. The average molecular weight is 436 g/mol. The number of nitrogens with zero attached hydrogens (tertiary/aromatic N) is 2. The van der Waals surface area contributed by atoms with Crippen molar-refractivity contribution in [2.45, 2.75) is 18.9 Å². The van der Waals surface area contributed by atoms with Crippen LogP contribution in [0.4, 0.5) is 4.79 Å². The average Bonchev–Trinajstić information content (AvgIpc) is 2.88. The minimum Gasteiger partial charge on any atom is -0.351 e. The topological polar surface area (TPSA) is 83.4 Å². The fourth-order valence-corrected chi connectivity index (χ4v) is 2.98. The monoisotopic (exact) mass is 434 g/mol. The second-order valence-electron chi connectivity index (χ2n) is 5.02. The van der Waals surface area contributed by atoms with Crippen molar-refractivity contribution in [1.82, 2.24) is 20.1 Å². The van der Waals surface area contributed by atoms with E-state index in [-0.39, 0.29) is 17.8 Å². The molecule has 2 N–H and O–H groups in total. The van der Waals surface area contributed by atoms with Crippen molar-refractivity contribution in [3.8, 4) is 0 Å². The van der Waals surface area contributed by atoms with Crippen LogP contribution in [0, 0.1) is 0 Å². The first kappa shape index (κ1) is 17.0. The first-order valence-electron chi connectivity index (χ1n) is 6.70. The normalized spacial score (nSPS) is 17.8. The van der Waals surface area contributed by atoms with Crippen molar-refractivity contribution in [3.63, 3.8) is 0 Å². The van der Waals surface area contributed by atoms with Gasteiger partial charge in [0.2, 0.25) is 0 Å². The van der Waals surface area contributed by atoms with E-state index in [1.54, 1.807) is 17.7 Å². The second-order valence-corrected chi connectivity index (χ2v) is 6.63. The molecule has 1 atom stereocenters. The molecule has 7 nitrogen and oxygen atoms in total. The number of hydrogen-bond donors (Lipinski definition) is 2. The van der Waals surface area contributed by atoms with E-state index >= 15 is 0 Å². The lowest BCUT2D eigenvalue weighted by Gasteiger charge is -2.09. The summed E-state index contributed by atoms with van der Waals surface area (Å²) < 4.78 is 3.33. The molecule has 0 aromatic carbocycles. The molecule has 1 aliphatic rings. The number of urea groups is 1. The molecule has 1 aromatic heterocycles. The van der Waals surface area contributed by atoms with E-state index in [1.165, 1.54) is 7.05 Å². The Morgan fingerprint density at radius 1 is 1.36 bits per heavy atom. The maximum absolute atomic E-state index is 12.1. The van der Waals surface area contributed by atoms with Crippen LogP contribution in [0.1, 0.15) is 23.3 Å². The van der Waals surface area contributed by atoms with Crippen LogP contribution in [-0.4, -0.2) is 46.9 Å². The van der Waals surface area contributed by atoms with Crippen molar-refractivity contribution in [2.24, 2.45) is 7.05 Å². The summed E-state index contributed by atoms with van der Waals surface area (Å²) in [6.45, 7) is 0.433. The molecule has 1 fully saturated rings. The number of halogens is 2. The summed E-state index contributed by atoms with van der Waals surface area (Å²) in [5, 5.41) is 5.40. The van der Waals surface area contributed by atoms with Crippen LogP contribution in [-0.2, 0) is 11.8 Å². The van der Waals surface area contributed by atoms with Crippen molar-refractivity contribution in [1.29, 1.82) is 0 Å². The highest BCUT2D eigenvalue weighted by molar-refractivity contribution is 9.13. The van der Waals surface area contributed by atoms with Gasteiger partial charge in [0.05, 0.1) is 9.08 Å². The van der Waals surface area contributed by atoms with Crippen molar-refractivity contribution in [3.05, 3.63) is 20.8 Å². The van der Waals surface area contributed by atoms with Crippen molar-refractivity contribution < 1.29 is 14.4 Å². The van der Waals surface area contributed by atoms with Crippen LogP contribution in [0.15, 0.2) is 15.1 Å². The summed E-state index contributed by atoms with van der Waals surface area (Å²) in [6.07, 6.45) is 1.10. The van der Waals surface area contributed by atoms with E-state index in [2.05, 4.69) is 42.5 Å². The smallest absolute Gasteiger partial charge is 0.324 e. The third-order valence-corrected chi connectivity index (χ3v) is 5.63. The molecule has 1 aromatic rings. The standard InChI is InChI=1S/C13H16Br2N4O3/c1-18-9(6-7(14)10(18)15)11(20)16-5-3-4-8-12(21)19(2)13(22)17-8/h6,8H,3-5H2,1-2H3,(H,16,20)(H,17,22)/t8-/m1/s1. The predicted molar refractivity (Wildman–Crippen MR) is 87.5 cm³/mol. The van der Waals surface area contributed by atoms with Crippen molar-refractivity contribution >= 4 is 49.7 Å². The third kappa shape index (κ3) is 3.35. The molecular weight excluding hydrogens is 420 g/mol. The van der Waals surface area contributed by atoms with Crippen LogP contribution in [0.5, 0.6) is 0 Å². The van der Waals surface area contributed by atoms with E-state index in [9.17, 15) is 14.4 Å². The Labute approximate surface area is 144 Å². The number of carbonyl (C=O) groups excluding carboxylic acids is 3. The molecule has 0 unspecified atom stereocenters. The van der Waals surface area contributed by atoms with E-state index in [0.717, 1.165) is 14.0 Å². The zero-order valence-corrected chi connectivity index (χ0v) is 15.3. The van der Waals surface area contributed by atoms with Crippen LogP contribution in [0.3, 0.4) is 0 Å². The first-order chi connectivity index (χ1) is 10.3. The van der Waals surface area contributed by atoms with E-state index in [0.29, 0.717) is 25.1 Å². The molecule has 22 heavy (non-hydrogen) atoms. The zero-order valence-electron chi connectivity index (χ0n) is 12.2. The highest BCUT2D eigenvalue weighted by Gasteiger charge is 2.34. The molecule has 0 spiro atoms. The Hall–Kier alpha value is -1.35. The molecule has 0 aliphatic carbocycles. The lowest BCUT2D eigenvalue weighted by Crippen LogP contribution is -2.31. The van der Waals surface area contributed by atoms with Gasteiger partial charge in [-0.2, -0.15) is 0 Å². The van der Waals surface area contributed by atoms with Gasteiger partial charge in [-0.05, 0) is 50.8 Å². The number of amides is 4. The Bertz CT molecular complexity index is 629. The van der Waals surface area contributed by atoms with Gasteiger partial charge in [0, 0.05) is 20.6 Å². The van der Waals surface area contributed by atoms with E-state index in [4.69, 9.17) is 0 Å². The Morgan fingerprint density at radius 3 is 2.55 bits per heavy atom. The van der Waals surface area contributed by atoms with Gasteiger partial charge in [0.25, 0.3) is 11.8 Å². The van der Waals surface area contributed by atoms with Crippen LogP contribution < -0.4 is 10.6 Å². The zero-order chi connectivity index (χ0) is 16.4. The summed E-state index contributed by atoms with van der Waals surface area (Å²) in [4.78, 5) is 36.1. The SMILES string of the molecule is CN1C(=O)N[C@H](CCCNC(=O)c2cc(Br)c(Br)n2C)C1=O. The number of aromatic nitrogens is 1. The highest BCUT2D eigenvalue weighted by Crippen LogP contribution is 2.26. The van der Waals surface area contributed by atoms with Crippen LogP contribution in [0.25, 0.3) is 0 Å². The largest absolute Gasteiger partial charge is 0.351 e. The summed E-state index contributed by atoms with van der Waals surface area (Å²) >= 11 is 6.72. The summed E-state index contributed by atoms with van der Waals surface area (Å²) in [7, 11) is 3.23.